The van der Waals surface area contributed by atoms with Crippen LogP contribution in [-0.2, 0) is 9.63 Å². The van der Waals surface area contributed by atoms with Gasteiger partial charge in [0.15, 0.2) is 6.61 Å². The third-order valence-corrected chi connectivity index (χ3v) is 2.69. The Kier molecular flexibility index (Phi) is 5.71. The first-order chi connectivity index (χ1) is 8.15. The number of hydroxylamine groups is 1. The largest absolute Gasteiger partial charge is 0.479 e. The topological polar surface area (TPSA) is 99.1 Å². The Balaban J connectivity index is 2.33. The van der Waals surface area contributed by atoms with Crippen LogP contribution in [0.2, 0.25) is 0 Å². The van der Waals surface area contributed by atoms with Crippen molar-refractivity contribution in [3.05, 3.63) is 0 Å². The number of carbonyl (C=O) groups excluding carboxylic acids is 1. The summed E-state index contributed by atoms with van der Waals surface area (Å²) in [5, 5.41) is 17.1. The molecule has 0 heterocycles. The minimum Gasteiger partial charge on any atom is -0.479 e. The highest BCUT2D eigenvalue weighted by Crippen LogP contribution is 2.24. The van der Waals surface area contributed by atoms with Crippen molar-refractivity contribution < 1.29 is 24.6 Å². The van der Waals surface area contributed by atoms with E-state index in [1.54, 1.807) is 4.90 Å². The average Bonchev–Trinajstić information content (AvgIpc) is 2.20. The van der Waals surface area contributed by atoms with E-state index >= 15 is 0 Å². The number of aliphatic hydroxyl groups is 1. The first kappa shape index (κ1) is 13.7. The van der Waals surface area contributed by atoms with Crippen molar-refractivity contribution in [3.8, 4) is 0 Å². The van der Waals surface area contributed by atoms with Gasteiger partial charge < -0.3 is 15.1 Å². The first-order valence-corrected chi connectivity index (χ1v) is 5.66. The molecule has 7 nitrogen and oxygen atoms in total. The summed E-state index contributed by atoms with van der Waals surface area (Å²) < 4.78 is 0. The first-order valence-electron chi connectivity index (χ1n) is 5.66. The maximum absolute atomic E-state index is 11.7. The van der Waals surface area contributed by atoms with Crippen LogP contribution in [0.1, 0.15) is 25.7 Å². The monoisotopic (exact) mass is 246 g/mol. The number of amides is 2. The van der Waals surface area contributed by atoms with Gasteiger partial charge in [0.25, 0.3) is 0 Å². The molecular weight excluding hydrogens is 228 g/mol. The fourth-order valence-corrected chi connectivity index (χ4v) is 1.61. The van der Waals surface area contributed by atoms with Gasteiger partial charge in [-0.3, -0.25) is 4.84 Å². The lowest BCUT2D eigenvalue weighted by molar-refractivity contribution is -0.144. The number of nitrogens with one attached hydrogen (secondary N) is 1. The molecule has 1 fully saturated rings. The zero-order valence-corrected chi connectivity index (χ0v) is 9.59. The van der Waals surface area contributed by atoms with Crippen molar-refractivity contribution in [2.45, 2.75) is 31.7 Å². The Morgan fingerprint density at radius 2 is 2.12 bits per heavy atom. The van der Waals surface area contributed by atoms with Crippen LogP contribution in [0.5, 0.6) is 0 Å². The lowest BCUT2D eigenvalue weighted by Crippen LogP contribution is -2.49. The van der Waals surface area contributed by atoms with Crippen LogP contribution in [0.25, 0.3) is 0 Å². The third kappa shape index (κ3) is 4.58. The number of nitrogens with zero attached hydrogens (tertiary/aromatic N) is 1. The number of hydrogen-bond acceptors (Lipinski definition) is 4. The maximum Gasteiger partial charge on any atom is 0.341 e. The summed E-state index contributed by atoms with van der Waals surface area (Å²) in [4.78, 5) is 28.0. The van der Waals surface area contributed by atoms with Gasteiger partial charge in [0.2, 0.25) is 0 Å². The molecule has 0 aromatic heterocycles. The molecule has 17 heavy (non-hydrogen) atoms. The van der Waals surface area contributed by atoms with E-state index in [4.69, 9.17) is 10.2 Å². The summed E-state index contributed by atoms with van der Waals surface area (Å²) in [6.07, 6.45) is 3.47. The van der Waals surface area contributed by atoms with Gasteiger partial charge in [0.1, 0.15) is 0 Å². The number of hydrogen-bond donors (Lipinski definition) is 3. The van der Waals surface area contributed by atoms with Gasteiger partial charge in [-0.25, -0.2) is 15.1 Å². The summed E-state index contributed by atoms with van der Waals surface area (Å²) in [5.74, 6) is -1.14. The fraction of sp³-hybridized carbons (Fsp3) is 0.800. The van der Waals surface area contributed by atoms with Crippen LogP contribution in [0.4, 0.5) is 4.79 Å². The molecule has 0 saturated heterocycles. The Bertz CT molecular complexity index is 267. The number of aliphatic hydroxyl groups excluding tert-OH is 1. The molecule has 2 amide bonds. The number of carboxylic acids is 1. The van der Waals surface area contributed by atoms with Crippen LogP contribution >= 0.6 is 0 Å². The predicted octanol–water partition coefficient (Wildman–Crippen LogP) is -0.0509. The summed E-state index contributed by atoms with van der Waals surface area (Å²) >= 11 is 0. The molecule has 1 rings (SSSR count). The highest BCUT2D eigenvalue weighted by Gasteiger charge is 2.28. The molecule has 0 spiro atoms. The van der Waals surface area contributed by atoms with E-state index in [1.807, 2.05) is 0 Å². The van der Waals surface area contributed by atoms with E-state index in [-0.39, 0.29) is 12.6 Å². The summed E-state index contributed by atoms with van der Waals surface area (Å²) in [6.45, 7) is -0.0971. The molecule has 7 heteroatoms. The summed E-state index contributed by atoms with van der Waals surface area (Å²) in [5.41, 5.74) is 2.10. The molecule has 0 radical (unpaired) electrons. The second-order valence-corrected chi connectivity index (χ2v) is 3.94. The van der Waals surface area contributed by atoms with Crippen molar-refractivity contribution >= 4 is 12.0 Å². The van der Waals surface area contributed by atoms with Gasteiger partial charge >= 0.3 is 12.0 Å². The maximum atomic E-state index is 11.7. The van der Waals surface area contributed by atoms with Crippen molar-refractivity contribution in [2.75, 3.05) is 19.8 Å². The van der Waals surface area contributed by atoms with Crippen molar-refractivity contribution in [1.82, 2.24) is 10.4 Å². The fourth-order valence-electron chi connectivity index (χ4n) is 1.61. The van der Waals surface area contributed by atoms with E-state index in [2.05, 4.69) is 10.3 Å². The Labute approximate surface area is 99.3 Å². The quantitative estimate of drug-likeness (QED) is 0.547. The molecule has 1 aliphatic rings. The summed E-state index contributed by atoms with van der Waals surface area (Å²) in [7, 11) is 0. The zero-order valence-electron chi connectivity index (χ0n) is 9.59. The van der Waals surface area contributed by atoms with Crippen LogP contribution in [0, 0.1) is 0 Å². The minimum absolute atomic E-state index is 0.0203. The molecule has 1 aliphatic carbocycles. The minimum atomic E-state index is -1.14. The summed E-state index contributed by atoms with van der Waals surface area (Å²) in [6, 6.07) is -0.264. The normalized spacial score (nSPS) is 15.1. The van der Waals surface area contributed by atoms with Gasteiger partial charge in [-0.05, 0) is 25.7 Å². The smallest absolute Gasteiger partial charge is 0.341 e. The van der Waals surface area contributed by atoms with Gasteiger partial charge in [-0.2, -0.15) is 0 Å². The Hall–Kier alpha value is -1.34. The van der Waals surface area contributed by atoms with Crippen LogP contribution in [0.15, 0.2) is 0 Å². The number of carboxylic acid groups (broad SMARTS) is 1. The molecule has 0 aliphatic heterocycles. The van der Waals surface area contributed by atoms with Crippen molar-refractivity contribution in [3.63, 3.8) is 0 Å². The van der Waals surface area contributed by atoms with E-state index < -0.39 is 18.6 Å². The third-order valence-electron chi connectivity index (χ3n) is 2.69. The number of rotatable bonds is 7. The highest BCUT2D eigenvalue weighted by molar-refractivity contribution is 5.74. The molecule has 98 valence electrons. The predicted molar refractivity (Wildman–Crippen MR) is 58.2 cm³/mol. The molecular formula is C10H18N2O5. The second-order valence-electron chi connectivity index (χ2n) is 3.94. The standard InChI is InChI=1S/C10H18N2O5/c13-6-2-5-12(8-3-1-4-8)10(16)11-17-7-9(14)15/h8,13H,1-7H2,(H,11,16)(H,14,15). The molecule has 0 atom stereocenters. The van der Waals surface area contributed by atoms with Gasteiger partial charge in [0, 0.05) is 19.2 Å². The average molecular weight is 246 g/mol. The van der Waals surface area contributed by atoms with Crippen molar-refractivity contribution in [1.29, 1.82) is 0 Å². The Morgan fingerprint density at radius 3 is 2.59 bits per heavy atom. The number of urea groups is 1. The molecule has 0 aromatic carbocycles. The van der Waals surface area contributed by atoms with E-state index in [0.29, 0.717) is 13.0 Å². The van der Waals surface area contributed by atoms with Crippen LogP contribution in [-0.4, -0.2) is 52.9 Å². The molecule has 1 saturated carbocycles. The van der Waals surface area contributed by atoms with E-state index in [0.717, 1.165) is 19.3 Å². The van der Waals surface area contributed by atoms with Crippen LogP contribution in [0.3, 0.4) is 0 Å². The molecule has 3 N–H and O–H groups in total. The second kappa shape index (κ2) is 7.08. The lowest BCUT2D eigenvalue weighted by atomic mass is 9.91. The number of aliphatic carboxylic acids is 1. The van der Waals surface area contributed by atoms with Crippen molar-refractivity contribution in [2.24, 2.45) is 0 Å². The van der Waals surface area contributed by atoms with Gasteiger partial charge in [0.05, 0.1) is 0 Å². The molecule has 0 aromatic rings. The van der Waals surface area contributed by atoms with E-state index in [1.165, 1.54) is 0 Å². The SMILES string of the molecule is O=C(O)CONC(=O)N(CCCO)C1CCC1. The Morgan fingerprint density at radius 1 is 1.41 bits per heavy atom. The van der Waals surface area contributed by atoms with Gasteiger partial charge in [-0.15, -0.1) is 0 Å². The highest BCUT2D eigenvalue weighted by atomic mass is 16.7. The molecule has 0 bridgehead atoms. The molecule has 0 unspecified atom stereocenters. The lowest BCUT2D eigenvalue weighted by Gasteiger charge is -2.37. The van der Waals surface area contributed by atoms with E-state index in [9.17, 15) is 9.59 Å². The number of carbonyl (C=O) groups is 2. The van der Waals surface area contributed by atoms with Crippen LogP contribution < -0.4 is 5.48 Å². The zero-order chi connectivity index (χ0) is 12.7. The van der Waals surface area contributed by atoms with Gasteiger partial charge in [-0.1, -0.05) is 0 Å².